The van der Waals surface area contributed by atoms with Crippen molar-refractivity contribution in [1.29, 1.82) is 0 Å². The molecule has 0 aliphatic rings. The fourth-order valence-corrected chi connectivity index (χ4v) is 1.87. The Balaban J connectivity index is 1.94. The van der Waals surface area contributed by atoms with Crippen LogP contribution in [0.3, 0.4) is 0 Å². The molecule has 3 rings (SSSR count). The Hall–Kier alpha value is -3.16. The number of H-pyrrole nitrogens is 1. The molecule has 0 saturated heterocycles. The summed E-state index contributed by atoms with van der Waals surface area (Å²) in [5.41, 5.74) is 0.502. The zero-order chi connectivity index (χ0) is 14.8. The first-order valence-corrected chi connectivity index (χ1v) is 6.04. The van der Waals surface area contributed by atoms with Crippen molar-refractivity contribution in [3.05, 3.63) is 52.7 Å². The normalized spacial score (nSPS) is 10.7. The molecule has 0 atom stereocenters. The topological polar surface area (TPSA) is 110 Å². The van der Waals surface area contributed by atoms with Crippen molar-refractivity contribution < 1.29 is 14.6 Å². The number of benzene rings is 1. The largest absolute Gasteiger partial charge is 0.481 e. The summed E-state index contributed by atoms with van der Waals surface area (Å²) >= 11 is 0. The van der Waals surface area contributed by atoms with Gasteiger partial charge >= 0.3 is 11.7 Å². The van der Waals surface area contributed by atoms with E-state index in [2.05, 4.69) is 15.2 Å². The Kier molecular flexibility index (Phi) is 3.11. The van der Waals surface area contributed by atoms with Crippen LogP contribution >= 0.6 is 0 Å². The van der Waals surface area contributed by atoms with Crippen LogP contribution in [0.15, 0.2) is 41.5 Å². The average molecular weight is 286 g/mol. The number of para-hydroxylation sites is 1. The number of hydrogen-bond acceptors (Lipinski definition) is 5. The van der Waals surface area contributed by atoms with E-state index in [-0.39, 0.29) is 12.3 Å². The molecule has 0 fully saturated rings. The highest BCUT2D eigenvalue weighted by Gasteiger charge is 2.10. The summed E-state index contributed by atoms with van der Waals surface area (Å²) in [5, 5.41) is 15.0. The van der Waals surface area contributed by atoms with E-state index in [1.54, 1.807) is 24.3 Å². The molecule has 2 heterocycles. The van der Waals surface area contributed by atoms with Crippen LogP contribution < -0.4 is 10.4 Å². The van der Waals surface area contributed by atoms with Crippen molar-refractivity contribution in [3.8, 4) is 11.6 Å². The minimum atomic E-state index is -0.951. The lowest BCUT2D eigenvalue weighted by molar-refractivity contribution is -0.136. The molecule has 3 aromatic rings. The highest BCUT2D eigenvalue weighted by Crippen LogP contribution is 2.24. The molecule has 0 unspecified atom stereocenters. The molecule has 0 radical (unpaired) electrons. The minimum absolute atomic E-state index is 0.152. The third-order valence-corrected chi connectivity index (χ3v) is 2.81. The van der Waals surface area contributed by atoms with Gasteiger partial charge in [-0.3, -0.25) is 4.79 Å². The zero-order valence-electron chi connectivity index (χ0n) is 10.7. The van der Waals surface area contributed by atoms with E-state index in [0.717, 1.165) is 0 Å². The van der Waals surface area contributed by atoms with Crippen LogP contribution in [0.2, 0.25) is 0 Å². The molecule has 106 valence electrons. The lowest BCUT2D eigenvalue weighted by Crippen LogP contribution is -2.09. The number of rotatable bonds is 4. The standard InChI is InChI=1S/C13H10N4O4/c18-12(19)5-8-3-1-2-4-9(8)21-11-6-10-15-16-13(20)17(10)7-14-11/h1-4,6-7H,5H2,(H,16,20)(H,18,19). The molecule has 0 spiro atoms. The maximum Gasteiger partial charge on any atom is 0.348 e. The summed E-state index contributed by atoms with van der Waals surface area (Å²) in [7, 11) is 0. The van der Waals surface area contributed by atoms with Gasteiger partial charge in [-0.1, -0.05) is 18.2 Å². The Morgan fingerprint density at radius 2 is 2.19 bits per heavy atom. The van der Waals surface area contributed by atoms with Gasteiger partial charge in [0.15, 0.2) is 5.65 Å². The van der Waals surface area contributed by atoms with Crippen LogP contribution in [0, 0.1) is 0 Å². The van der Waals surface area contributed by atoms with Gasteiger partial charge in [0.05, 0.1) is 6.42 Å². The molecule has 2 aromatic heterocycles. The van der Waals surface area contributed by atoms with Gasteiger partial charge in [-0.2, -0.15) is 5.10 Å². The van der Waals surface area contributed by atoms with E-state index in [1.165, 1.54) is 16.8 Å². The second kappa shape index (κ2) is 5.08. The van der Waals surface area contributed by atoms with Gasteiger partial charge in [0.2, 0.25) is 5.88 Å². The fraction of sp³-hybridized carbons (Fsp3) is 0.0769. The second-order valence-electron chi connectivity index (χ2n) is 4.26. The lowest BCUT2D eigenvalue weighted by Gasteiger charge is -2.08. The Morgan fingerprint density at radius 3 is 3.00 bits per heavy atom. The van der Waals surface area contributed by atoms with E-state index < -0.39 is 11.7 Å². The number of aromatic amines is 1. The number of hydrogen-bond donors (Lipinski definition) is 2. The molecule has 1 aromatic carbocycles. The van der Waals surface area contributed by atoms with Crippen molar-refractivity contribution in [2.45, 2.75) is 6.42 Å². The van der Waals surface area contributed by atoms with Crippen molar-refractivity contribution in [2.75, 3.05) is 0 Å². The van der Waals surface area contributed by atoms with Crippen LogP contribution in [-0.4, -0.2) is 30.7 Å². The smallest absolute Gasteiger partial charge is 0.348 e. The maximum absolute atomic E-state index is 11.3. The quantitative estimate of drug-likeness (QED) is 0.735. The van der Waals surface area contributed by atoms with Gasteiger partial charge in [0.25, 0.3) is 0 Å². The van der Waals surface area contributed by atoms with E-state index >= 15 is 0 Å². The average Bonchev–Trinajstić information content (AvgIpc) is 2.82. The SMILES string of the molecule is O=C(O)Cc1ccccc1Oc1cc2n[nH]c(=O)n2cn1. The monoisotopic (exact) mass is 286 g/mol. The summed E-state index contributed by atoms with van der Waals surface area (Å²) in [6, 6.07) is 8.27. The summed E-state index contributed by atoms with van der Waals surface area (Å²) in [5.74, 6) is -0.331. The maximum atomic E-state index is 11.3. The third kappa shape index (κ3) is 2.59. The van der Waals surface area contributed by atoms with Crippen molar-refractivity contribution >= 4 is 11.6 Å². The second-order valence-corrected chi connectivity index (χ2v) is 4.26. The fourth-order valence-electron chi connectivity index (χ4n) is 1.87. The van der Waals surface area contributed by atoms with E-state index in [0.29, 0.717) is 17.0 Å². The molecule has 0 aliphatic heterocycles. The minimum Gasteiger partial charge on any atom is -0.481 e. The molecule has 21 heavy (non-hydrogen) atoms. The van der Waals surface area contributed by atoms with Crippen LogP contribution in [0.1, 0.15) is 5.56 Å². The highest BCUT2D eigenvalue weighted by atomic mass is 16.5. The van der Waals surface area contributed by atoms with Gasteiger partial charge in [-0.15, -0.1) is 0 Å². The van der Waals surface area contributed by atoms with Crippen molar-refractivity contribution in [1.82, 2.24) is 19.6 Å². The van der Waals surface area contributed by atoms with Gasteiger partial charge in [0.1, 0.15) is 12.1 Å². The van der Waals surface area contributed by atoms with Crippen LogP contribution in [-0.2, 0) is 11.2 Å². The van der Waals surface area contributed by atoms with Gasteiger partial charge in [0, 0.05) is 11.6 Å². The summed E-state index contributed by atoms with van der Waals surface area (Å²) in [4.78, 5) is 26.1. The van der Waals surface area contributed by atoms with Crippen molar-refractivity contribution in [3.63, 3.8) is 0 Å². The predicted octanol–water partition coefficient (Wildman–Crippen LogP) is 0.837. The molecule has 8 nitrogen and oxygen atoms in total. The van der Waals surface area contributed by atoms with Gasteiger partial charge in [-0.05, 0) is 6.07 Å². The number of ether oxygens (including phenoxy) is 1. The third-order valence-electron chi connectivity index (χ3n) is 2.81. The highest BCUT2D eigenvalue weighted by molar-refractivity contribution is 5.71. The number of fused-ring (bicyclic) bond motifs is 1. The van der Waals surface area contributed by atoms with Crippen LogP contribution in [0.25, 0.3) is 5.65 Å². The molecule has 0 bridgehead atoms. The first-order chi connectivity index (χ1) is 10.1. The first-order valence-electron chi connectivity index (χ1n) is 6.04. The van der Waals surface area contributed by atoms with E-state index in [1.807, 2.05) is 0 Å². The molecule has 0 saturated carbocycles. The van der Waals surface area contributed by atoms with E-state index in [4.69, 9.17) is 9.84 Å². The molecule has 2 N–H and O–H groups in total. The zero-order valence-corrected chi connectivity index (χ0v) is 10.7. The summed E-state index contributed by atoms with van der Waals surface area (Å²) in [6.07, 6.45) is 1.14. The Morgan fingerprint density at radius 1 is 1.38 bits per heavy atom. The number of carboxylic acids is 1. The number of nitrogens with zero attached hydrogens (tertiary/aromatic N) is 3. The number of nitrogens with one attached hydrogen (secondary N) is 1. The summed E-state index contributed by atoms with van der Waals surface area (Å²) < 4.78 is 6.82. The van der Waals surface area contributed by atoms with Crippen LogP contribution in [0.5, 0.6) is 11.6 Å². The number of aliphatic carboxylic acids is 1. The van der Waals surface area contributed by atoms with Crippen molar-refractivity contribution in [2.24, 2.45) is 0 Å². The first kappa shape index (κ1) is 12.9. The number of carbonyl (C=O) groups is 1. The predicted molar refractivity (Wildman–Crippen MR) is 71.5 cm³/mol. The number of carboxylic acid groups (broad SMARTS) is 1. The lowest BCUT2D eigenvalue weighted by atomic mass is 10.1. The molecule has 8 heteroatoms. The van der Waals surface area contributed by atoms with E-state index in [9.17, 15) is 9.59 Å². The number of aromatic nitrogens is 4. The summed E-state index contributed by atoms with van der Waals surface area (Å²) in [6.45, 7) is 0. The molecule has 0 aliphatic carbocycles. The van der Waals surface area contributed by atoms with Gasteiger partial charge < -0.3 is 9.84 Å². The van der Waals surface area contributed by atoms with Crippen LogP contribution in [0.4, 0.5) is 0 Å². The molecule has 0 amide bonds. The van der Waals surface area contributed by atoms with Gasteiger partial charge in [-0.25, -0.2) is 19.3 Å². The Bertz CT molecular complexity index is 868. The molecular weight excluding hydrogens is 276 g/mol. The molecular formula is C13H10N4O4. The Labute approximate surface area is 117 Å².